The van der Waals surface area contributed by atoms with Crippen LogP contribution in [0.15, 0.2) is 24.3 Å². The van der Waals surface area contributed by atoms with Gasteiger partial charge in [-0.2, -0.15) is 0 Å². The van der Waals surface area contributed by atoms with Crippen molar-refractivity contribution in [3.63, 3.8) is 0 Å². The first kappa shape index (κ1) is 48.9. The highest BCUT2D eigenvalue weighted by Gasteiger charge is 2.12. The van der Waals surface area contributed by atoms with Gasteiger partial charge >= 0.3 is 11.9 Å². The first-order valence-corrected chi connectivity index (χ1v) is 22.0. The number of carboxylic acids is 1. The maximum Gasteiger partial charge on any atom is 0.322 e. The third-order valence-corrected chi connectivity index (χ3v) is 9.83. The van der Waals surface area contributed by atoms with Gasteiger partial charge in [0.15, 0.2) is 0 Å². The number of allylic oxidation sites excluding steroid dienone is 3. The SMILES string of the molecule is CCCCCCC/C=C\C(CCCCCCC(=O)NCC(=O)O)OC(=O)CCCCCCCCCCCCC/C=C\CCCCCCCCCC. The second-order valence-corrected chi connectivity index (χ2v) is 14.9. The van der Waals surface area contributed by atoms with Gasteiger partial charge in [-0.1, -0.05) is 173 Å². The van der Waals surface area contributed by atoms with Crippen LogP contribution in [0.5, 0.6) is 0 Å². The molecule has 0 aliphatic rings. The van der Waals surface area contributed by atoms with Gasteiger partial charge in [0.25, 0.3) is 0 Å². The van der Waals surface area contributed by atoms with Gasteiger partial charge in [-0.3, -0.25) is 14.4 Å². The van der Waals surface area contributed by atoms with Gasteiger partial charge in [-0.05, 0) is 70.3 Å². The minimum atomic E-state index is -1.03. The lowest BCUT2D eigenvalue weighted by molar-refractivity contribution is -0.147. The molecule has 0 aliphatic carbocycles. The number of amides is 1. The molecule has 1 atom stereocenters. The molecular weight excluding hydrogens is 634 g/mol. The quantitative estimate of drug-likeness (QED) is 0.0374. The van der Waals surface area contributed by atoms with Crippen molar-refractivity contribution in [2.45, 2.75) is 238 Å². The third kappa shape index (κ3) is 40.5. The maximum atomic E-state index is 12.7. The Morgan fingerprint density at radius 3 is 1.37 bits per heavy atom. The second kappa shape index (κ2) is 40.7. The molecule has 0 heterocycles. The number of aliphatic carboxylic acids is 1. The zero-order valence-electron chi connectivity index (χ0n) is 33.7. The van der Waals surface area contributed by atoms with E-state index >= 15 is 0 Å². The van der Waals surface area contributed by atoms with Crippen LogP contribution >= 0.6 is 0 Å². The van der Waals surface area contributed by atoms with Gasteiger partial charge in [0.1, 0.15) is 12.6 Å². The van der Waals surface area contributed by atoms with Crippen LogP contribution in [0, 0.1) is 0 Å². The Morgan fingerprint density at radius 2 is 0.902 bits per heavy atom. The molecule has 0 aromatic heterocycles. The van der Waals surface area contributed by atoms with E-state index in [1.54, 1.807) is 0 Å². The molecule has 51 heavy (non-hydrogen) atoms. The monoisotopic (exact) mass is 718 g/mol. The molecule has 298 valence electrons. The molecular formula is C45H83NO5. The van der Waals surface area contributed by atoms with Crippen LogP contribution in [0.3, 0.4) is 0 Å². The van der Waals surface area contributed by atoms with E-state index in [0.717, 1.165) is 51.4 Å². The number of hydrogen-bond donors (Lipinski definition) is 2. The molecule has 2 N–H and O–H groups in total. The van der Waals surface area contributed by atoms with Crippen LogP contribution in [-0.2, 0) is 19.1 Å². The third-order valence-electron chi connectivity index (χ3n) is 9.83. The predicted molar refractivity (Wildman–Crippen MR) is 217 cm³/mol. The van der Waals surface area contributed by atoms with Crippen molar-refractivity contribution in [2.75, 3.05) is 6.54 Å². The summed E-state index contributed by atoms with van der Waals surface area (Å²) in [5, 5.41) is 11.1. The first-order valence-electron chi connectivity index (χ1n) is 22.0. The summed E-state index contributed by atoms with van der Waals surface area (Å²) in [5.74, 6) is -1.32. The molecule has 0 fully saturated rings. The van der Waals surface area contributed by atoms with Crippen LogP contribution in [0.2, 0.25) is 0 Å². The van der Waals surface area contributed by atoms with Gasteiger partial charge < -0.3 is 15.2 Å². The summed E-state index contributed by atoms with van der Waals surface area (Å²) in [6, 6.07) is 0. The molecule has 6 heteroatoms. The molecule has 0 bridgehead atoms. The molecule has 0 aliphatic heterocycles. The van der Waals surface area contributed by atoms with Crippen LogP contribution in [0.1, 0.15) is 232 Å². The standard InChI is InChI=1S/C45H83NO5/c1-3-5-7-9-11-12-13-14-15-16-17-18-19-20-21-22-23-24-25-26-28-30-36-40-45(50)51-42(37-33-29-27-10-8-6-4-2)38-34-31-32-35-39-43(47)46-41-44(48)49/h16-17,33,37,42H,3-15,18-32,34-36,38-41H2,1-2H3,(H,46,47)(H,48,49)/b17-16-,37-33-. The normalized spacial score (nSPS) is 12.2. The van der Waals surface area contributed by atoms with Crippen molar-refractivity contribution in [1.29, 1.82) is 0 Å². The Bertz CT molecular complexity index is 838. The molecule has 1 unspecified atom stereocenters. The van der Waals surface area contributed by atoms with E-state index in [-0.39, 0.29) is 24.5 Å². The van der Waals surface area contributed by atoms with Crippen molar-refractivity contribution in [3.05, 3.63) is 24.3 Å². The lowest BCUT2D eigenvalue weighted by Gasteiger charge is -2.15. The van der Waals surface area contributed by atoms with E-state index in [4.69, 9.17) is 9.84 Å². The van der Waals surface area contributed by atoms with Gasteiger partial charge in [0.2, 0.25) is 5.91 Å². The zero-order chi connectivity index (χ0) is 37.3. The molecule has 1 amide bonds. The minimum absolute atomic E-state index is 0.0818. The van der Waals surface area contributed by atoms with Gasteiger partial charge in [-0.15, -0.1) is 0 Å². The number of nitrogens with one attached hydrogen (secondary N) is 1. The summed E-state index contributed by atoms with van der Waals surface area (Å²) >= 11 is 0. The molecule has 0 saturated heterocycles. The molecule has 0 aromatic rings. The number of hydrogen-bond acceptors (Lipinski definition) is 4. The lowest BCUT2D eigenvalue weighted by atomic mass is 10.0. The average molecular weight is 718 g/mol. The molecule has 0 radical (unpaired) electrons. The largest absolute Gasteiger partial charge is 0.480 e. The summed E-state index contributed by atoms with van der Waals surface area (Å²) < 4.78 is 5.90. The van der Waals surface area contributed by atoms with E-state index in [1.165, 1.54) is 154 Å². The fraction of sp³-hybridized carbons (Fsp3) is 0.844. The first-order chi connectivity index (χ1) is 25.0. The van der Waals surface area contributed by atoms with E-state index in [9.17, 15) is 14.4 Å². The Balaban J connectivity index is 3.88. The lowest BCUT2D eigenvalue weighted by Crippen LogP contribution is -2.28. The van der Waals surface area contributed by atoms with Crippen LogP contribution in [0.25, 0.3) is 0 Å². The van der Waals surface area contributed by atoms with E-state index in [0.29, 0.717) is 12.8 Å². The van der Waals surface area contributed by atoms with Crippen LogP contribution < -0.4 is 5.32 Å². The van der Waals surface area contributed by atoms with Crippen molar-refractivity contribution in [1.82, 2.24) is 5.32 Å². The second-order valence-electron chi connectivity index (χ2n) is 14.9. The van der Waals surface area contributed by atoms with Crippen LogP contribution in [0.4, 0.5) is 0 Å². The number of ether oxygens (including phenoxy) is 1. The fourth-order valence-electron chi connectivity index (χ4n) is 6.54. The predicted octanol–water partition coefficient (Wildman–Crippen LogP) is 13.5. The fourth-order valence-corrected chi connectivity index (χ4v) is 6.54. The topological polar surface area (TPSA) is 92.7 Å². The summed E-state index contributed by atoms with van der Waals surface area (Å²) in [7, 11) is 0. The molecule has 0 saturated carbocycles. The Morgan fingerprint density at radius 1 is 0.510 bits per heavy atom. The maximum absolute atomic E-state index is 12.7. The van der Waals surface area contributed by atoms with Gasteiger partial charge in [0.05, 0.1) is 0 Å². The summed E-state index contributed by atoms with van der Waals surface area (Å²) in [5.41, 5.74) is 0. The van der Waals surface area contributed by atoms with E-state index < -0.39 is 5.97 Å². The number of carbonyl (C=O) groups is 3. The summed E-state index contributed by atoms with van der Waals surface area (Å²) in [6.45, 7) is 4.19. The molecule has 0 rings (SSSR count). The number of carbonyl (C=O) groups excluding carboxylic acids is 2. The number of esters is 1. The Labute approximate surface area is 315 Å². The van der Waals surface area contributed by atoms with Crippen molar-refractivity contribution in [3.8, 4) is 0 Å². The van der Waals surface area contributed by atoms with E-state index in [2.05, 4.69) is 43.5 Å². The van der Waals surface area contributed by atoms with E-state index in [1.807, 2.05) is 0 Å². The highest BCUT2D eigenvalue weighted by molar-refractivity contribution is 5.80. The van der Waals surface area contributed by atoms with Crippen molar-refractivity contribution in [2.24, 2.45) is 0 Å². The number of carboxylic acid groups (broad SMARTS) is 1. The highest BCUT2D eigenvalue weighted by atomic mass is 16.5. The smallest absolute Gasteiger partial charge is 0.322 e. The summed E-state index contributed by atoms with van der Waals surface area (Å²) in [4.78, 5) is 34.9. The van der Waals surface area contributed by atoms with Crippen molar-refractivity contribution >= 4 is 17.8 Å². The zero-order valence-corrected chi connectivity index (χ0v) is 33.7. The number of unbranched alkanes of at least 4 members (excludes halogenated alkanes) is 27. The molecule has 6 nitrogen and oxygen atoms in total. The number of rotatable bonds is 40. The highest BCUT2D eigenvalue weighted by Crippen LogP contribution is 2.16. The molecule has 0 spiro atoms. The Kier molecular flexibility index (Phi) is 39.0. The summed E-state index contributed by atoms with van der Waals surface area (Å²) in [6.07, 6.45) is 49.1. The van der Waals surface area contributed by atoms with Gasteiger partial charge in [-0.25, -0.2) is 0 Å². The molecule has 0 aromatic carbocycles. The van der Waals surface area contributed by atoms with Crippen LogP contribution in [-0.4, -0.2) is 35.6 Å². The average Bonchev–Trinajstić information content (AvgIpc) is 3.11. The van der Waals surface area contributed by atoms with Gasteiger partial charge in [0, 0.05) is 12.8 Å². The van der Waals surface area contributed by atoms with Crippen molar-refractivity contribution < 1.29 is 24.2 Å². The minimum Gasteiger partial charge on any atom is -0.480 e. The Hall–Kier alpha value is -2.11.